The van der Waals surface area contributed by atoms with Crippen LogP contribution in [0.3, 0.4) is 0 Å². The lowest BCUT2D eigenvalue weighted by Crippen LogP contribution is -2.24. The Balaban J connectivity index is 0.00000158. The smallest absolute Gasteiger partial charge is 0.356 e. The van der Waals surface area contributed by atoms with Crippen molar-refractivity contribution in [2.75, 3.05) is 20.3 Å². The summed E-state index contributed by atoms with van der Waals surface area (Å²) >= 11 is 0. The second kappa shape index (κ2) is 11.0. The molecule has 1 aliphatic rings. The average molecular weight is 477 g/mol. The third-order valence-electron chi connectivity index (χ3n) is 5.23. The van der Waals surface area contributed by atoms with Crippen LogP contribution in [0, 0.1) is 11.6 Å². The number of benzene rings is 1. The number of methoxy groups -OCH3 is 1. The lowest BCUT2D eigenvalue weighted by atomic mass is 10.2. The summed E-state index contributed by atoms with van der Waals surface area (Å²) < 4.78 is 51.2. The molecule has 0 aliphatic carbocycles. The number of hydrogen-bond acceptors (Lipinski definition) is 6. The lowest BCUT2D eigenvalue weighted by Gasteiger charge is -2.17. The van der Waals surface area contributed by atoms with Crippen LogP contribution in [0.15, 0.2) is 36.7 Å². The molecule has 0 amide bonds. The fraction of sp³-hybridized carbons (Fsp3) is 0.440. The van der Waals surface area contributed by atoms with Crippen LogP contribution in [0.1, 0.15) is 49.3 Å². The van der Waals surface area contributed by atoms with Gasteiger partial charge < -0.3 is 23.5 Å². The first-order chi connectivity index (χ1) is 16.3. The summed E-state index contributed by atoms with van der Waals surface area (Å²) in [6.45, 7) is 8.86. The van der Waals surface area contributed by atoms with Crippen LogP contribution in [-0.2, 0) is 32.1 Å². The molecule has 1 saturated heterocycles. The van der Waals surface area contributed by atoms with Crippen molar-refractivity contribution >= 4 is 16.9 Å². The zero-order chi connectivity index (χ0) is 24.9. The van der Waals surface area contributed by atoms with Gasteiger partial charge in [0.2, 0.25) is 0 Å². The Morgan fingerprint density at radius 1 is 1.24 bits per heavy atom. The van der Waals surface area contributed by atoms with Gasteiger partial charge in [-0.1, -0.05) is 19.9 Å². The molecular weight excluding hydrogens is 446 g/mol. The van der Waals surface area contributed by atoms with Gasteiger partial charge in [-0.3, -0.25) is 0 Å². The van der Waals surface area contributed by atoms with Gasteiger partial charge in [-0.2, -0.15) is 0 Å². The van der Waals surface area contributed by atoms with E-state index in [-0.39, 0.29) is 24.9 Å². The van der Waals surface area contributed by atoms with E-state index in [9.17, 15) is 13.6 Å². The van der Waals surface area contributed by atoms with E-state index in [0.29, 0.717) is 24.3 Å². The van der Waals surface area contributed by atoms with Gasteiger partial charge in [-0.15, -0.1) is 0 Å². The summed E-state index contributed by atoms with van der Waals surface area (Å²) in [7, 11) is 1.28. The average Bonchev–Trinajstić information content (AvgIpc) is 3.35. The van der Waals surface area contributed by atoms with Crippen LogP contribution < -0.4 is 0 Å². The van der Waals surface area contributed by atoms with Crippen LogP contribution in [-0.4, -0.2) is 47.7 Å². The van der Waals surface area contributed by atoms with Gasteiger partial charge in [-0.25, -0.2) is 18.6 Å². The molecule has 7 nitrogen and oxygen atoms in total. The minimum absolute atomic E-state index is 0.154. The molecule has 0 N–H and O–H groups in total. The molecule has 3 aromatic rings. The first-order valence-corrected chi connectivity index (χ1v) is 11.2. The highest BCUT2D eigenvalue weighted by atomic mass is 19.1. The van der Waals surface area contributed by atoms with Crippen molar-refractivity contribution < 1.29 is 32.5 Å². The highest BCUT2D eigenvalue weighted by molar-refractivity contribution is 5.93. The Labute approximate surface area is 197 Å². The monoisotopic (exact) mass is 476 g/mol. The van der Waals surface area contributed by atoms with E-state index in [0.717, 1.165) is 17.0 Å². The Kier molecular flexibility index (Phi) is 8.35. The third-order valence-corrected chi connectivity index (χ3v) is 5.23. The zero-order valence-electron chi connectivity index (χ0n) is 20.1. The number of hydrogen-bond donors (Lipinski definition) is 0. The van der Waals surface area contributed by atoms with Gasteiger partial charge in [0.25, 0.3) is 0 Å². The molecule has 4 rings (SSSR count). The summed E-state index contributed by atoms with van der Waals surface area (Å²) in [4.78, 5) is 16.1. The summed E-state index contributed by atoms with van der Waals surface area (Å²) in [5.74, 6) is -2.47. The largest absolute Gasteiger partial charge is 0.464 e. The Bertz CT molecular complexity index is 1150. The third kappa shape index (κ3) is 5.97. The maximum atomic E-state index is 14.2. The van der Waals surface area contributed by atoms with Crippen LogP contribution in [0.2, 0.25) is 0 Å². The normalized spacial score (nSPS) is 16.9. The van der Waals surface area contributed by atoms with Crippen molar-refractivity contribution in [3.05, 3.63) is 65.1 Å². The fourth-order valence-corrected chi connectivity index (χ4v) is 3.70. The zero-order valence-corrected chi connectivity index (χ0v) is 20.1. The minimum atomic E-state index is -0.636. The molecule has 2 aromatic heterocycles. The Hall–Kier alpha value is -2.88. The quantitative estimate of drug-likeness (QED) is 0.455. The number of fused-ring (bicyclic) bond motifs is 1. The molecule has 184 valence electrons. The minimum Gasteiger partial charge on any atom is -0.464 e. The second-order valence-electron chi connectivity index (χ2n) is 8.06. The van der Waals surface area contributed by atoms with Gasteiger partial charge in [0.15, 0.2) is 5.79 Å². The topological polar surface area (TPSA) is 71.8 Å². The molecule has 1 unspecified atom stereocenters. The van der Waals surface area contributed by atoms with Gasteiger partial charge >= 0.3 is 5.97 Å². The molecule has 1 fully saturated rings. The molecule has 3 heterocycles. The molecule has 1 aliphatic heterocycles. The molecule has 9 heteroatoms. The number of esters is 1. The van der Waals surface area contributed by atoms with Crippen molar-refractivity contribution in [3.8, 4) is 0 Å². The summed E-state index contributed by atoms with van der Waals surface area (Å²) in [6.07, 6.45) is 3.16. The van der Waals surface area contributed by atoms with Crippen molar-refractivity contribution in [1.29, 1.82) is 0 Å². The summed E-state index contributed by atoms with van der Waals surface area (Å²) in [5.41, 5.74) is 1.95. The van der Waals surface area contributed by atoms with Gasteiger partial charge in [-0.05, 0) is 26.0 Å². The molecule has 0 radical (unpaired) electrons. The van der Waals surface area contributed by atoms with Crippen molar-refractivity contribution in [2.45, 2.75) is 52.7 Å². The van der Waals surface area contributed by atoms with E-state index in [1.165, 1.54) is 25.4 Å². The Morgan fingerprint density at radius 2 is 2.00 bits per heavy atom. The summed E-state index contributed by atoms with van der Waals surface area (Å²) in [5, 5.41) is 0.729. The van der Waals surface area contributed by atoms with E-state index in [1.807, 2.05) is 33.9 Å². The number of ether oxygens (including phenoxy) is 4. The molecule has 1 aromatic carbocycles. The van der Waals surface area contributed by atoms with Gasteiger partial charge in [0.1, 0.15) is 23.4 Å². The van der Waals surface area contributed by atoms with E-state index < -0.39 is 23.4 Å². The van der Waals surface area contributed by atoms with E-state index in [2.05, 4.69) is 4.98 Å². The maximum Gasteiger partial charge on any atom is 0.356 e. The van der Waals surface area contributed by atoms with Crippen LogP contribution in [0.25, 0.3) is 10.9 Å². The summed E-state index contributed by atoms with van der Waals surface area (Å²) in [6, 6.07) is 5.09. The fourth-order valence-electron chi connectivity index (χ4n) is 3.70. The Morgan fingerprint density at radius 3 is 2.65 bits per heavy atom. The van der Waals surface area contributed by atoms with Crippen molar-refractivity contribution in [3.63, 3.8) is 0 Å². The number of aromatic nitrogens is 2. The molecular formula is C25H30F2N2O5. The number of carbonyl (C=O) groups excluding carboxylic acids is 1. The molecule has 34 heavy (non-hydrogen) atoms. The van der Waals surface area contributed by atoms with Gasteiger partial charge in [0.05, 0.1) is 45.2 Å². The number of rotatable bonds is 7. The van der Waals surface area contributed by atoms with Crippen LogP contribution >= 0.6 is 0 Å². The van der Waals surface area contributed by atoms with Gasteiger partial charge in [0, 0.05) is 28.8 Å². The first kappa shape index (κ1) is 25.7. The lowest BCUT2D eigenvalue weighted by molar-refractivity contribution is -0.145. The van der Waals surface area contributed by atoms with E-state index >= 15 is 0 Å². The highest BCUT2D eigenvalue weighted by Crippen LogP contribution is 2.26. The first-order valence-electron chi connectivity index (χ1n) is 11.2. The second-order valence-corrected chi connectivity index (χ2v) is 8.06. The number of carbonyl (C=O) groups is 1. The predicted octanol–water partition coefficient (Wildman–Crippen LogP) is 4.84. The number of halogens is 2. The van der Waals surface area contributed by atoms with Crippen molar-refractivity contribution in [2.24, 2.45) is 0 Å². The van der Waals surface area contributed by atoms with E-state index in [1.54, 1.807) is 10.6 Å². The SMILES string of the molecule is CC.COC(=O)c1cc2c(COCC3COC(C)(C)O3)cn(Cc3ccc(F)cc3F)c2cn1. The predicted molar refractivity (Wildman–Crippen MR) is 122 cm³/mol. The van der Waals surface area contributed by atoms with Crippen LogP contribution in [0.4, 0.5) is 8.78 Å². The molecule has 0 bridgehead atoms. The number of pyridine rings is 1. The van der Waals surface area contributed by atoms with Crippen LogP contribution in [0.5, 0.6) is 0 Å². The molecule has 0 saturated carbocycles. The van der Waals surface area contributed by atoms with Crippen molar-refractivity contribution in [1.82, 2.24) is 9.55 Å². The maximum absolute atomic E-state index is 14.2. The molecule has 1 atom stereocenters. The molecule has 0 spiro atoms. The van der Waals surface area contributed by atoms with E-state index in [4.69, 9.17) is 18.9 Å². The highest BCUT2D eigenvalue weighted by Gasteiger charge is 2.32. The number of nitrogens with zero attached hydrogens (tertiary/aromatic N) is 2. The standard InChI is InChI=1S/C23H24F2N2O5.C2H6/c1-23(2)31-13-17(32-23)12-30-11-15-10-27(9-14-4-5-16(24)6-19(14)25)21-8-26-20(7-18(15)21)22(28)29-3;1-2/h4-8,10,17H,9,11-13H2,1-3H3;1-2H3.